The number of hydrogen-bond acceptors (Lipinski definition) is 3. The summed E-state index contributed by atoms with van der Waals surface area (Å²) >= 11 is 0. The molecule has 1 saturated carbocycles. The summed E-state index contributed by atoms with van der Waals surface area (Å²) in [5.74, 6) is 0. The molecule has 1 fully saturated rings. The Bertz CT molecular complexity index is 207. The molecule has 3 heteroatoms. The van der Waals surface area contributed by atoms with Crippen molar-refractivity contribution in [1.82, 2.24) is 5.32 Å². The highest BCUT2D eigenvalue weighted by molar-refractivity contribution is 4.89. The lowest BCUT2D eigenvalue weighted by atomic mass is 9.67. The van der Waals surface area contributed by atoms with Crippen molar-refractivity contribution in [2.45, 2.75) is 46.0 Å². The van der Waals surface area contributed by atoms with Crippen LogP contribution in [0.2, 0.25) is 0 Å². The fraction of sp³-hybridized carbons (Fsp3) is 1.00. The van der Waals surface area contributed by atoms with Crippen LogP contribution in [0.15, 0.2) is 0 Å². The molecular formula is C14H30N2O. The molecule has 1 aliphatic carbocycles. The third-order valence-corrected chi connectivity index (χ3v) is 4.27. The molecule has 0 aromatic heterocycles. The van der Waals surface area contributed by atoms with Gasteiger partial charge in [0.15, 0.2) is 0 Å². The maximum atomic E-state index is 5.86. The Hall–Kier alpha value is -0.120. The number of nitrogens with one attached hydrogen (secondary N) is 1. The van der Waals surface area contributed by atoms with E-state index < -0.39 is 0 Å². The van der Waals surface area contributed by atoms with E-state index in [0.29, 0.717) is 10.8 Å². The number of ether oxygens (including phenoxy) is 1. The molecule has 0 aliphatic heterocycles. The first-order valence-corrected chi connectivity index (χ1v) is 6.93. The van der Waals surface area contributed by atoms with Crippen molar-refractivity contribution in [3.63, 3.8) is 0 Å². The van der Waals surface area contributed by atoms with Crippen LogP contribution in [-0.4, -0.2) is 33.4 Å². The van der Waals surface area contributed by atoms with Gasteiger partial charge in [0.1, 0.15) is 0 Å². The van der Waals surface area contributed by atoms with Gasteiger partial charge >= 0.3 is 0 Å². The minimum absolute atomic E-state index is 0.325. The molecule has 17 heavy (non-hydrogen) atoms. The summed E-state index contributed by atoms with van der Waals surface area (Å²) in [6, 6.07) is 0. The first-order valence-electron chi connectivity index (χ1n) is 6.93. The van der Waals surface area contributed by atoms with Gasteiger partial charge in [0, 0.05) is 20.3 Å². The molecule has 3 N–H and O–H groups in total. The first kappa shape index (κ1) is 14.9. The van der Waals surface area contributed by atoms with E-state index in [2.05, 4.69) is 19.2 Å². The lowest BCUT2D eigenvalue weighted by Gasteiger charge is -2.41. The maximum Gasteiger partial charge on any atom is 0.0467 e. The molecule has 0 bridgehead atoms. The third kappa shape index (κ3) is 4.94. The van der Waals surface area contributed by atoms with Gasteiger partial charge in [-0.2, -0.15) is 0 Å². The predicted molar refractivity (Wildman–Crippen MR) is 73.1 cm³/mol. The van der Waals surface area contributed by atoms with Crippen molar-refractivity contribution in [2.75, 3.05) is 33.4 Å². The maximum absolute atomic E-state index is 5.86. The van der Waals surface area contributed by atoms with Crippen LogP contribution in [0.4, 0.5) is 0 Å². The van der Waals surface area contributed by atoms with Crippen LogP contribution in [0, 0.1) is 10.8 Å². The SMILES string of the molecule is COCCC(C)(C)CNCCC1(CN)CCC1. The van der Waals surface area contributed by atoms with Crippen molar-refractivity contribution in [2.24, 2.45) is 16.6 Å². The van der Waals surface area contributed by atoms with Gasteiger partial charge in [-0.1, -0.05) is 20.3 Å². The standard InChI is InChI=1S/C14H30N2O/c1-13(2,8-10-17-3)12-16-9-7-14(11-15)5-4-6-14/h16H,4-12,15H2,1-3H3. The molecule has 0 radical (unpaired) electrons. The second-order valence-electron chi connectivity index (χ2n) is 6.39. The van der Waals surface area contributed by atoms with Gasteiger partial charge < -0.3 is 15.8 Å². The predicted octanol–water partition coefficient (Wildman–Crippen LogP) is 2.16. The summed E-state index contributed by atoms with van der Waals surface area (Å²) in [6.07, 6.45) is 6.38. The molecule has 0 unspecified atom stereocenters. The van der Waals surface area contributed by atoms with Gasteiger partial charge in [-0.15, -0.1) is 0 Å². The fourth-order valence-corrected chi connectivity index (χ4v) is 2.48. The summed E-state index contributed by atoms with van der Waals surface area (Å²) < 4.78 is 5.14. The van der Waals surface area contributed by atoms with Crippen molar-refractivity contribution < 1.29 is 4.74 Å². The van der Waals surface area contributed by atoms with E-state index in [4.69, 9.17) is 10.5 Å². The highest BCUT2D eigenvalue weighted by Gasteiger charge is 2.34. The van der Waals surface area contributed by atoms with Crippen molar-refractivity contribution in [3.05, 3.63) is 0 Å². The molecule has 0 heterocycles. The first-order chi connectivity index (χ1) is 8.04. The minimum Gasteiger partial charge on any atom is -0.385 e. The Morgan fingerprint density at radius 2 is 2.06 bits per heavy atom. The zero-order valence-corrected chi connectivity index (χ0v) is 11.8. The molecule has 0 atom stereocenters. The van der Waals surface area contributed by atoms with Crippen LogP contribution < -0.4 is 11.1 Å². The average molecular weight is 242 g/mol. The summed E-state index contributed by atoms with van der Waals surface area (Å²) in [5.41, 5.74) is 6.66. The van der Waals surface area contributed by atoms with Crippen LogP contribution >= 0.6 is 0 Å². The largest absolute Gasteiger partial charge is 0.385 e. The third-order valence-electron chi connectivity index (χ3n) is 4.27. The lowest BCUT2D eigenvalue weighted by molar-refractivity contribution is 0.124. The highest BCUT2D eigenvalue weighted by atomic mass is 16.5. The summed E-state index contributed by atoms with van der Waals surface area (Å²) in [5, 5.41) is 3.58. The number of nitrogens with two attached hydrogens (primary N) is 1. The van der Waals surface area contributed by atoms with E-state index >= 15 is 0 Å². The summed E-state index contributed by atoms with van der Waals surface area (Å²) in [4.78, 5) is 0. The Morgan fingerprint density at radius 1 is 1.35 bits per heavy atom. The fourth-order valence-electron chi connectivity index (χ4n) is 2.48. The summed E-state index contributed by atoms with van der Waals surface area (Å²) in [6.45, 7) is 8.47. The van der Waals surface area contributed by atoms with Crippen LogP contribution in [0.5, 0.6) is 0 Å². The van der Waals surface area contributed by atoms with E-state index in [1.807, 2.05) is 0 Å². The smallest absolute Gasteiger partial charge is 0.0467 e. The summed E-state index contributed by atoms with van der Waals surface area (Å²) in [7, 11) is 1.77. The van der Waals surface area contributed by atoms with Crippen molar-refractivity contribution >= 4 is 0 Å². The average Bonchev–Trinajstić information content (AvgIpc) is 2.24. The Kier molecular flexibility index (Phi) is 5.90. The van der Waals surface area contributed by atoms with E-state index in [0.717, 1.165) is 32.7 Å². The monoisotopic (exact) mass is 242 g/mol. The molecule has 0 amide bonds. The van der Waals surface area contributed by atoms with Crippen LogP contribution in [0.3, 0.4) is 0 Å². The molecule has 0 aromatic rings. The molecule has 102 valence electrons. The van der Waals surface area contributed by atoms with Gasteiger partial charge in [0.05, 0.1) is 0 Å². The highest BCUT2D eigenvalue weighted by Crippen LogP contribution is 2.42. The van der Waals surface area contributed by atoms with Crippen molar-refractivity contribution in [3.8, 4) is 0 Å². The van der Waals surface area contributed by atoms with Gasteiger partial charge in [-0.3, -0.25) is 0 Å². The van der Waals surface area contributed by atoms with Gasteiger partial charge in [-0.25, -0.2) is 0 Å². The zero-order chi connectivity index (χ0) is 12.8. The second kappa shape index (κ2) is 6.72. The zero-order valence-electron chi connectivity index (χ0n) is 11.8. The van der Waals surface area contributed by atoms with Gasteiger partial charge in [0.2, 0.25) is 0 Å². The van der Waals surface area contributed by atoms with E-state index in [1.165, 1.54) is 25.7 Å². The van der Waals surface area contributed by atoms with E-state index in [-0.39, 0.29) is 0 Å². The van der Waals surface area contributed by atoms with Crippen LogP contribution in [-0.2, 0) is 4.74 Å². The normalized spacial score (nSPS) is 19.1. The number of hydrogen-bond donors (Lipinski definition) is 2. The second-order valence-corrected chi connectivity index (χ2v) is 6.39. The molecule has 1 aliphatic rings. The molecule has 1 rings (SSSR count). The molecule has 0 aromatic carbocycles. The quantitative estimate of drug-likeness (QED) is 0.609. The minimum atomic E-state index is 0.325. The van der Waals surface area contributed by atoms with E-state index in [9.17, 15) is 0 Å². The Labute approximate surface area is 106 Å². The molecule has 3 nitrogen and oxygen atoms in total. The Balaban J connectivity index is 2.10. The van der Waals surface area contributed by atoms with Crippen LogP contribution in [0.25, 0.3) is 0 Å². The molecular weight excluding hydrogens is 212 g/mol. The molecule has 0 spiro atoms. The topological polar surface area (TPSA) is 47.3 Å². The number of rotatable bonds is 9. The lowest BCUT2D eigenvalue weighted by Crippen LogP contribution is -2.41. The Morgan fingerprint density at radius 3 is 2.53 bits per heavy atom. The molecule has 0 saturated heterocycles. The van der Waals surface area contributed by atoms with Crippen LogP contribution in [0.1, 0.15) is 46.0 Å². The van der Waals surface area contributed by atoms with Gasteiger partial charge in [-0.05, 0) is 49.6 Å². The number of methoxy groups -OCH3 is 1. The van der Waals surface area contributed by atoms with E-state index in [1.54, 1.807) is 7.11 Å². The van der Waals surface area contributed by atoms with Gasteiger partial charge in [0.25, 0.3) is 0 Å². The van der Waals surface area contributed by atoms with Crippen molar-refractivity contribution in [1.29, 1.82) is 0 Å².